The standard InChI is InChI=1S/C19H29N5O3/c1-12(25)15(8-5-9-22-19(20)27)24-18(26)17(21-2)10-13-11-23-16-7-4-3-6-14(13)16/h3-4,6-7,11,15,17,19,21-23,27H,5,8-10,20H2,1-2H3,(H,24,26)/t15-,17-,19?/m0/s1. The van der Waals surface area contributed by atoms with Crippen molar-refractivity contribution in [2.45, 2.75) is 44.6 Å². The van der Waals surface area contributed by atoms with E-state index in [9.17, 15) is 9.59 Å². The number of benzene rings is 1. The maximum absolute atomic E-state index is 12.7. The van der Waals surface area contributed by atoms with Crippen LogP contribution in [0.2, 0.25) is 0 Å². The predicted octanol–water partition coefficient (Wildman–Crippen LogP) is -0.0234. The SMILES string of the molecule is CN[C@@H](Cc1c[nH]c2ccccc12)C(=O)N[C@@H](CCCNC(N)O)C(C)=O. The molecule has 0 saturated carbocycles. The van der Waals surface area contributed by atoms with Crippen molar-refractivity contribution < 1.29 is 14.7 Å². The van der Waals surface area contributed by atoms with E-state index in [2.05, 4.69) is 20.9 Å². The lowest BCUT2D eigenvalue weighted by molar-refractivity contribution is -0.128. The monoisotopic (exact) mass is 375 g/mol. The van der Waals surface area contributed by atoms with Crippen LogP contribution >= 0.6 is 0 Å². The van der Waals surface area contributed by atoms with E-state index in [1.165, 1.54) is 6.92 Å². The van der Waals surface area contributed by atoms with Crippen molar-refractivity contribution in [3.8, 4) is 0 Å². The number of hydrogen-bond acceptors (Lipinski definition) is 6. The number of ketones is 1. The van der Waals surface area contributed by atoms with Crippen molar-refractivity contribution in [2.75, 3.05) is 13.6 Å². The number of fused-ring (bicyclic) bond motifs is 1. The zero-order chi connectivity index (χ0) is 19.8. The summed E-state index contributed by atoms with van der Waals surface area (Å²) >= 11 is 0. The fourth-order valence-corrected chi connectivity index (χ4v) is 3.05. The molecule has 27 heavy (non-hydrogen) atoms. The number of para-hydroxylation sites is 1. The number of hydrogen-bond donors (Lipinski definition) is 6. The van der Waals surface area contributed by atoms with Gasteiger partial charge in [0.05, 0.1) is 12.1 Å². The summed E-state index contributed by atoms with van der Waals surface area (Å²) in [4.78, 5) is 27.8. The lowest BCUT2D eigenvalue weighted by Crippen LogP contribution is -2.50. The number of nitrogens with two attached hydrogens (primary N) is 1. The van der Waals surface area contributed by atoms with Gasteiger partial charge in [-0.15, -0.1) is 0 Å². The predicted molar refractivity (Wildman–Crippen MR) is 105 cm³/mol. The van der Waals surface area contributed by atoms with Crippen LogP contribution in [-0.2, 0) is 16.0 Å². The van der Waals surface area contributed by atoms with Gasteiger partial charge in [0.25, 0.3) is 0 Å². The molecule has 148 valence electrons. The van der Waals surface area contributed by atoms with Gasteiger partial charge in [-0.05, 0) is 51.4 Å². The molecule has 0 radical (unpaired) electrons. The van der Waals surface area contributed by atoms with Gasteiger partial charge in [0, 0.05) is 17.1 Å². The summed E-state index contributed by atoms with van der Waals surface area (Å²) in [6, 6.07) is 6.92. The minimum absolute atomic E-state index is 0.0985. The molecule has 8 heteroatoms. The van der Waals surface area contributed by atoms with Gasteiger partial charge >= 0.3 is 0 Å². The second-order valence-electron chi connectivity index (χ2n) is 6.62. The molecule has 3 atom stereocenters. The van der Waals surface area contributed by atoms with Crippen LogP contribution < -0.4 is 21.7 Å². The second kappa shape index (κ2) is 10.2. The molecule has 1 aromatic heterocycles. The van der Waals surface area contributed by atoms with E-state index < -0.39 is 18.4 Å². The number of nitrogens with one attached hydrogen (secondary N) is 4. The first kappa shape index (κ1) is 21.0. The van der Waals surface area contributed by atoms with Crippen LogP contribution in [0, 0.1) is 0 Å². The number of carbonyl (C=O) groups excluding carboxylic acids is 2. The van der Waals surface area contributed by atoms with Crippen molar-refractivity contribution in [3.63, 3.8) is 0 Å². The third-order valence-corrected chi connectivity index (χ3v) is 4.59. The lowest BCUT2D eigenvalue weighted by Gasteiger charge is -2.21. The van der Waals surface area contributed by atoms with Crippen LogP contribution in [0.4, 0.5) is 0 Å². The van der Waals surface area contributed by atoms with E-state index in [1.54, 1.807) is 7.05 Å². The van der Waals surface area contributed by atoms with Gasteiger partial charge in [0.2, 0.25) is 5.91 Å². The third kappa shape index (κ3) is 6.14. The second-order valence-corrected chi connectivity index (χ2v) is 6.62. The fourth-order valence-electron chi connectivity index (χ4n) is 3.05. The lowest BCUT2D eigenvalue weighted by atomic mass is 10.0. The van der Waals surface area contributed by atoms with E-state index in [0.717, 1.165) is 16.5 Å². The van der Waals surface area contributed by atoms with Gasteiger partial charge in [0.15, 0.2) is 12.1 Å². The van der Waals surface area contributed by atoms with Gasteiger partial charge in [-0.1, -0.05) is 18.2 Å². The van der Waals surface area contributed by atoms with Gasteiger partial charge in [0.1, 0.15) is 0 Å². The number of Topliss-reactive ketones (excluding diaryl/α,β-unsaturated/α-hetero) is 1. The largest absolute Gasteiger partial charge is 0.366 e. The van der Waals surface area contributed by atoms with Gasteiger partial charge in [-0.25, -0.2) is 0 Å². The van der Waals surface area contributed by atoms with Crippen LogP contribution in [-0.4, -0.2) is 53.8 Å². The van der Waals surface area contributed by atoms with Crippen LogP contribution in [0.25, 0.3) is 10.9 Å². The fraction of sp³-hybridized carbons (Fsp3) is 0.474. The number of likely N-dealkylation sites (N-methyl/N-ethyl adjacent to an activating group) is 1. The Hall–Kier alpha value is -2.26. The maximum atomic E-state index is 12.7. The Balaban J connectivity index is 1.96. The van der Waals surface area contributed by atoms with Gasteiger partial charge in [-0.3, -0.25) is 20.6 Å². The first-order chi connectivity index (χ1) is 12.9. The smallest absolute Gasteiger partial charge is 0.238 e. The Morgan fingerprint density at radius 1 is 1.26 bits per heavy atom. The summed E-state index contributed by atoms with van der Waals surface area (Å²) < 4.78 is 0. The molecule has 0 saturated heterocycles. The average molecular weight is 375 g/mol. The molecule has 0 spiro atoms. The van der Waals surface area contributed by atoms with Crippen LogP contribution in [0.1, 0.15) is 25.3 Å². The van der Waals surface area contributed by atoms with E-state index in [1.807, 2.05) is 30.5 Å². The summed E-state index contributed by atoms with van der Waals surface area (Å²) in [5.74, 6) is -0.312. The number of aromatic amines is 1. The van der Waals surface area contributed by atoms with Gasteiger partial charge < -0.3 is 20.7 Å². The third-order valence-electron chi connectivity index (χ3n) is 4.59. The number of carbonyl (C=O) groups is 2. The Morgan fingerprint density at radius 3 is 2.67 bits per heavy atom. The summed E-state index contributed by atoms with van der Waals surface area (Å²) in [5, 5.41) is 18.6. The summed E-state index contributed by atoms with van der Waals surface area (Å²) in [5.41, 5.74) is 7.28. The van der Waals surface area contributed by atoms with Crippen molar-refractivity contribution in [1.29, 1.82) is 0 Å². The Morgan fingerprint density at radius 2 is 2.00 bits per heavy atom. The number of aliphatic hydroxyl groups excluding tert-OH is 1. The highest BCUT2D eigenvalue weighted by atomic mass is 16.3. The number of amides is 1. The summed E-state index contributed by atoms with van der Waals surface area (Å²) in [7, 11) is 1.73. The molecule has 0 aliphatic heterocycles. The van der Waals surface area contributed by atoms with Crippen LogP contribution in [0.3, 0.4) is 0 Å². The molecular formula is C19H29N5O3. The first-order valence-electron chi connectivity index (χ1n) is 9.12. The molecule has 0 fully saturated rings. The molecule has 8 nitrogen and oxygen atoms in total. The van der Waals surface area contributed by atoms with E-state index in [-0.39, 0.29) is 11.7 Å². The number of H-pyrrole nitrogens is 1. The normalized spacial score (nSPS) is 14.7. The number of aromatic nitrogens is 1. The molecule has 7 N–H and O–H groups in total. The molecule has 0 aliphatic rings. The highest BCUT2D eigenvalue weighted by Gasteiger charge is 2.23. The minimum Gasteiger partial charge on any atom is -0.366 e. The van der Waals surface area contributed by atoms with Crippen molar-refractivity contribution in [2.24, 2.45) is 5.73 Å². The zero-order valence-corrected chi connectivity index (χ0v) is 15.8. The zero-order valence-electron chi connectivity index (χ0n) is 15.8. The van der Waals surface area contributed by atoms with Crippen LogP contribution in [0.15, 0.2) is 30.5 Å². The Labute approximate surface area is 158 Å². The van der Waals surface area contributed by atoms with Crippen molar-refractivity contribution >= 4 is 22.6 Å². The number of rotatable bonds is 11. The van der Waals surface area contributed by atoms with E-state index >= 15 is 0 Å². The van der Waals surface area contributed by atoms with Crippen molar-refractivity contribution in [3.05, 3.63) is 36.0 Å². The Bertz CT molecular complexity index is 759. The average Bonchev–Trinajstić information content (AvgIpc) is 3.04. The number of aliphatic hydroxyl groups is 1. The molecule has 0 aliphatic carbocycles. The van der Waals surface area contributed by atoms with Crippen molar-refractivity contribution in [1.82, 2.24) is 20.9 Å². The highest BCUT2D eigenvalue weighted by molar-refractivity contribution is 5.90. The highest BCUT2D eigenvalue weighted by Crippen LogP contribution is 2.19. The molecule has 1 unspecified atom stereocenters. The Kier molecular flexibility index (Phi) is 7.93. The molecule has 2 aromatic rings. The molecular weight excluding hydrogens is 346 g/mol. The van der Waals surface area contributed by atoms with E-state index in [4.69, 9.17) is 10.8 Å². The quantitative estimate of drug-likeness (QED) is 0.242. The van der Waals surface area contributed by atoms with E-state index in [0.29, 0.717) is 25.8 Å². The minimum atomic E-state index is -1.08. The summed E-state index contributed by atoms with van der Waals surface area (Å²) in [6.45, 7) is 1.92. The molecule has 2 rings (SSSR count). The topological polar surface area (TPSA) is 132 Å². The molecule has 0 bridgehead atoms. The summed E-state index contributed by atoms with van der Waals surface area (Å²) in [6.07, 6.45) is 2.42. The molecule has 1 amide bonds. The molecule has 1 heterocycles. The van der Waals surface area contributed by atoms with Gasteiger partial charge in [-0.2, -0.15) is 0 Å². The maximum Gasteiger partial charge on any atom is 0.238 e. The van der Waals surface area contributed by atoms with Crippen LogP contribution in [0.5, 0.6) is 0 Å². The molecule has 1 aromatic carbocycles. The first-order valence-corrected chi connectivity index (χ1v) is 9.12.